The number of carbonyl (C=O) groups excluding carboxylic acids is 1. The third-order valence-corrected chi connectivity index (χ3v) is 6.24. The number of hydrogen-bond donors (Lipinski definition) is 1. The molecule has 0 aliphatic heterocycles. The van der Waals surface area contributed by atoms with Gasteiger partial charge in [0, 0.05) is 13.1 Å². The van der Waals surface area contributed by atoms with E-state index in [1.807, 2.05) is 48.5 Å². The molecule has 10 heteroatoms. The van der Waals surface area contributed by atoms with Crippen molar-refractivity contribution in [2.45, 2.75) is 17.3 Å². The minimum Gasteiger partial charge on any atom is -0.360 e. The molecule has 0 saturated heterocycles. The molecule has 3 heterocycles. The van der Waals surface area contributed by atoms with E-state index in [0.29, 0.717) is 33.4 Å². The molecule has 0 saturated carbocycles. The Hall–Kier alpha value is -3.92. The fraction of sp³-hybridized carbons (Fsp3) is 0.136. The van der Waals surface area contributed by atoms with E-state index >= 15 is 0 Å². The lowest BCUT2D eigenvalue weighted by molar-refractivity contribution is -0.115. The molecule has 0 aliphatic carbocycles. The quantitative estimate of drug-likeness (QED) is 0.413. The highest BCUT2D eigenvalue weighted by Gasteiger charge is 2.26. The van der Waals surface area contributed by atoms with E-state index in [9.17, 15) is 9.59 Å². The Bertz CT molecular complexity index is 1500. The Morgan fingerprint density at radius 1 is 1.09 bits per heavy atom. The molecule has 0 radical (unpaired) electrons. The van der Waals surface area contributed by atoms with Crippen LogP contribution in [0.25, 0.3) is 16.7 Å². The van der Waals surface area contributed by atoms with Gasteiger partial charge < -0.3 is 9.84 Å². The van der Waals surface area contributed by atoms with E-state index in [4.69, 9.17) is 4.52 Å². The molecule has 0 fully saturated rings. The predicted molar refractivity (Wildman–Crippen MR) is 121 cm³/mol. The van der Waals surface area contributed by atoms with Crippen molar-refractivity contribution in [1.82, 2.24) is 24.3 Å². The zero-order valence-electron chi connectivity index (χ0n) is 17.2. The first-order chi connectivity index (χ1) is 15.5. The number of carbonyl (C=O) groups is 1. The summed E-state index contributed by atoms with van der Waals surface area (Å²) in [4.78, 5) is 25.9. The average Bonchev–Trinajstić information content (AvgIpc) is 3.42. The molecule has 0 aliphatic rings. The molecule has 0 spiro atoms. The summed E-state index contributed by atoms with van der Waals surface area (Å²) >= 11 is 1.25. The third-order valence-electron chi connectivity index (χ3n) is 5.04. The Kier molecular flexibility index (Phi) is 4.98. The molecule has 9 nitrogen and oxygen atoms in total. The maximum Gasteiger partial charge on any atom is 0.262 e. The van der Waals surface area contributed by atoms with E-state index in [-0.39, 0.29) is 11.5 Å². The highest BCUT2D eigenvalue weighted by molar-refractivity contribution is 8.00. The first-order valence-corrected chi connectivity index (χ1v) is 10.7. The molecule has 1 N–H and O–H groups in total. The van der Waals surface area contributed by atoms with Crippen molar-refractivity contribution in [1.29, 1.82) is 0 Å². The van der Waals surface area contributed by atoms with Gasteiger partial charge in [-0.15, -0.1) is 10.2 Å². The maximum atomic E-state index is 13.2. The molecular weight excluding hydrogens is 428 g/mol. The molecule has 1 unspecified atom stereocenters. The van der Waals surface area contributed by atoms with Crippen LogP contribution in [0.3, 0.4) is 0 Å². The molecule has 0 bridgehead atoms. The van der Waals surface area contributed by atoms with Gasteiger partial charge in [0.05, 0.1) is 10.9 Å². The molecule has 5 rings (SSSR count). The lowest BCUT2D eigenvalue weighted by Gasteiger charge is -2.15. The molecular formula is C22H18N6O3S. The molecule has 2 aromatic carbocycles. The van der Waals surface area contributed by atoms with Crippen molar-refractivity contribution >= 4 is 40.2 Å². The summed E-state index contributed by atoms with van der Waals surface area (Å²) in [5.41, 5.74) is 1.31. The molecule has 1 atom stereocenters. The number of anilines is 1. The number of nitrogens with one attached hydrogen (secondary N) is 1. The smallest absolute Gasteiger partial charge is 0.262 e. The Labute approximate surface area is 186 Å². The second-order valence-corrected chi connectivity index (χ2v) is 8.29. The number of rotatable bonds is 5. The fourth-order valence-corrected chi connectivity index (χ4v) is 4.55. The Balaban J connectivity index is 1.61. The minimum absolute atomic E-state index is 0.157. The molecule has 5 aromatic rings. The van der Waals surface area contributed by atoms with Crippen molar-refractivity contribution in [3.63, 3.8) is 0 Å². The summed E-state index contributed by atoms with van der Waals surface area (Å²) in [6.45, 7) is 1.75. The van der Waals surface area contributed by atoms with Gasteiger partial charge in [-0.05, 0) is 24.6 Å². The normalized spacial score (nSPS) is 12.3. The summed E-state index contributed by atoms with van der Waals surface area (Å²) < 4.78 is 8.31. The summed E-state index contributed by atoms with van der Waals surface area (Å²) in [6, 6.07) is 18.3. The number of fused-ring (bicyclic) bond motifs is 3. The van der Waals surface area contributed by atoms with Crippen LogP contribution in [0, 0.1) is 6.92 Å². The van der Waals surface area contributed by atoms with Gasteiger partial charge >= 0.3 is 0 Å². The summed E-state index contributed by atoms with van der Waals surface area (Å²) in [7, 11) is 1.65. The van der Waals surface area contributed by atoms with Crippen LogP contribution in [-0.2, 0) is 11.8 Å². The molecule has 160 valence electrons. The van der Waals surface area contributed by atoms with E-state index in [0.717, 1.165) is 5.56 Å². The third kappa shape index (κ3) is 3.44. The van der Waals surface area contributed by atoms with Gasteiger partial charge in [-0.3, -0.25) is 18.6 Å². The Morgan fingerprint density at radius 3 is 2.59 bits per heavy atom. The van der Waals surface area contributed by atoms with Crippen LogP contribution in [0.5, 0.6) is 0 Å². The lowest BCUT2D eigenvalue weighted by atomic mass is 10.1. The fourth-order valence-electron chi connectivity index (χ4n) is 3.51. The van der Waals surface area contributed by atoms with Crippen LogP contribution in [0.2, 0.25) is 0 Å². The number of para-hydroxylation sites is 1. The number of benzene rings is 2. The summed E-state index contributed by atoms with van der Waals surface area (Å²) in [6.07, 6.45) is 0. The highest BCUT2D eigenvalue weighted by atomic mass is 32.2. The van der Waals surface area contributed by atoms with Gasteiger partial charge in [-0.25, -0.2) is 0 Å². The largest absolute Gasteiger partial charge is 0.360 e. The monoisotopic (exact) mass is 446 g/mol. The van der Waals surface area contributed by atoms with Gasteiger partial charge in [0.1, 0.15) is 11.0 Å². The maximum absolute atomic E-state index is 13.2. The van der Waals surface area contributed by atoms with Crippen LogP contribution in [0.15, 0.2) is 75.1 Å². The Morgan fingerprint density at radius 2 is 1.84 bits per heavy atom. The second-order valence-electron chi connectivity index (χ2n) is 7.22. The summed E-state index contributed by atoms with van der Waals surface area (Å²) in [5.74, 6) is 1.06. The summed E-state index contributed by atoms with van der Waals surface area (Å²) in [5, 5.41) is 15.6. The lowest BCUT2D eigenvalue weighted by Crippen LogP contribution is -2.21. The van der Waals surface area contributed by atoms with Crippen LogP contribution in [0.4, 0.5) is 5.82 Å². The molecule has 3 aromatic heterocycles. The number of amides is 1. The topological polar surface area (TPSA) is 107 Å². The van der Waals surface area contributed by atoms with Crippen molar-refractivity contribution in [3.8, 4) is 0 Å². The minimum atomic E-state index is -0.642. The number of nitrogens with zero attached hydrogens (tertiary/aromatic N) is 5. The van der Waals surface area contributed by atoms with Crippen LogP contribution < -0.4 is 10.9 Å². The van der Waals surface area contributed by atoms with Crippen molar-refractivity contribution < 1.29 is 9.32 Å². The SMILES string of the molecule is Cc1cc(NC(=O)C(Sc2nnc3n(C)c(=O)c4ccccc4n23)c2ccccc2)no1. The average molecular weight is 446 g/mol. The molecule has 1 amide bonds. The first-order valence-electron chi connectivity index (χ1n) is 9.81. The zero-order valence-corrected chi connectivity index (χ0v) is 18.0. The van der Waals surface area contributed by atoms with Crippen molar-refractivity contribution in [3.05, 3.63) is 82.3 Å². The van der Waals surface area contributed by atoms with Gasteiger partial charge in [-0.2, -0.15) is 0 Å². The first kappa shape index (κ1) is 20.0. The van der Waals surface area contributed by atoms with Gasteiger partial charge in [0.2, 0.25) is 11.7 Å². The van der Waals surface area contributed by atoms with Crippen LogP contribution >= 0.6 is 11.8 Å². The predicted octanol–water partition coefficient (Wildman–Crippen LogP) is 3.35. The van der Waals surface area contributed by atoms with Gasteiger partial charge in [-0.1, -0.05) is 59.4 Å². The van der Waals surface area contributed by atoms with Crippen molar-refractivity contribution in [2.24, 2.45) is 7.05 Å². The van der Waals surface area contributed by atoms with E-state index in [2.05, 4.69) is 20.7 Å². The van der Waals surface area contributed by atoms with E-state index in [1.165, 1.54) is 16.3 Å². The standard InChI is InChI=1S/C22H18N6O3S/c1-13-12-17(26-31-13)23-19(29)18(14-8-4-3-5-9-14)32-22-25-24-21-27(2)20(30)15-10-6-7-11-16(15)28(21)22/h3-12,18H,1-2H3,(H,23,26,29). The van der Waals surface area contributed by atoms with Crippen LogP contribution in [-0.4, -0.2) is 30.2 Å². The molecule has 32 heavy (non-hydrogen) atoms. The van der Waals surface area contributed by atoms with E-state index in [1.54, 1.807) is 30.5 Å². The zero-order chi connectivity index (χ0) is 22.2. The van der Waals surface area contributed by atoms with Crippen LogP contribution in [0.1, 0.15) is 16.6 Å². The van der Waals surface area contributed by atoms with Crippen molar-refractivity contribution in [2.75, 3.05) is 5.32 Å². The number of aryl methyl sites for hydroxylation is 2. The van der Waals surface area contributed by atoms with Gasteiger partial charge in [0.25, 0.3) is 5.56 Å². The van der Waals surface area contributed by atoms with E-state index < -0.39 is 5.25 Å². The number of thioether (sulfide) groups is 1. The number of aromatic nitrogens is 5. The highest BCUT2D eigenvalue weighted by Crippen LogP contribution is 2.36. The van der Waals surface area contributed by atoms with Gasteiger partial charge in [0.15, 0.2) is 11.0 Å². The number of hydrogen-bond acceptors (Lipinski definition) is 7. The second kappa shape index (κ2) is 7.97.